The molecule has 0 amide bonds. The van der Waals surface area contributed by atoms with Gasteiger partial charge in [-0.05, 0) is 19.8 Å². The van der Waals surface area contributed by atoms with Gasteiger partial charge in [-0.3, -0.25) is 4.90 Å². The van der Waals surface area contributed by atoms with E-state index in [9.17, 15) is 0 Å². The minimum atomic E-state index is 0.942. The number of allylic oxidation sites excluding steroid dienone is 1. The summed E-state index contributed by atoms with van der Waals surface area (Å²) in [5.41, 5.74) is 1.23. The summed E-state index contributed by atoms with van der Waals surface area (Å²) in [5, 5.41) is 0. The fraction of sp³-hybridized carbons (Fsp3) is 0.800. The third kappa shape index (κ3) is 1.63. The van der Waals surface area contributed by atoms with E-state index >= 15 is 0 Å². The van der Waals surface area contributed by atoms with Crippen LogP contribution < -0.4 is 0 Å². The standard InChI is InChI=1S/C10H18N2/c1-9(2)11-5-7-12(8-6-11)10-3-4-10/h10H,1,3-8H2,2H3. The number of nitrogens with zero attached hydrogens (tertiary/aromatic N) is 2. The molecule has 2 nitrogen and oxygen atoms in total. The van der Waals surface area contributed by atoms with Gasteiger partial charge in [0.25, 0.3) is 0 Å². The van der Waals surface area contributed by atoms with Crippen molar-refractivity contribution in [2.24, 2.45) is 0 Å². The largest absolute Gasteiger partial charge is 0.373 e. The molecule has 1 aliphatic carbocycles. The summed E-state index contributed by atoms with van der Waals surface area (Å²) in [4.78, 5) is 5.01. The molecule has 0 N–H and O–H groups in total. The Hall–Kier alpha value is -0.500. The van der Waals surface area contributed by atoms with Crippen LogP contribution in [0.15, 0.2) is 12.3 Å². The average molecular weight is 166 g/mol. The van der Waals surface area contributed by atoms with Crippen LogP contribution >= 0.6 is 0 Å². The maximum Gasteiger partial charge on any atom is 0.0303 e. The molecule has 0 aromatic rings. The van der Waals surface area contributed by atoms with Gasteiger partial charge in [0.15, 0.2) is 0 Å². The predicted octanol–water partition coefficient (Wildman–Crippen LogP) is 1.30. The Bertz CT molecular complexity index is 176. The predicted molar refractivity (Wildman–Crippen MR) is 51.0 cm³/mol. The van der Waals surface area contributed by atoms with E-state index in [1.807, 2.05) is 0 Å². The summed E-state index contributed by atoms with van der Waals surface area (Å²) in [5.74, 6) is 0. The van der Waals surface area contributed by atoms with Gasteiger partial charge >= 0.3 is 0 Å². The van der Waals surface area contributed by atoms with E-state index in [0.717, 1.165) is 6.04 Å². The molecule has 0 bridgehead atoms. The zero-order valence-electron chi connectivity index (χ0n) is 7.92. The number of piperazine rings is 1. The highest BCUT2D eigenvalue weighted by molar-refractivity contribution is 4.94. The molecule has 1 saturated carbocycles. The molecule has 0 unspecified atom stereocenters. The van der Waals surface area contributed by atoms with Crippen molar-refractivity contribution in [1.82, 2.24) is 9.80 Å². The van der Waals surface area contributed by atoms with E-state index in [1.165, 1.54) is 44.7 Å². The summed E-state index contributed by atoms with van der Waals surface area (Å²) in [6.07, 6.45) is 2.88. The molecular formula is C10H18N2. The molecule has 12 heavy (non-hydrogen) atoms. The van der Waals surface area contributed by atoms with Crippen LogP contribution in [0.25, 0.3) is 0 Å². The van der Waals surface area contributed by atoms with E-state index in [-0.39, 0.29) is 0 Å². The monoisotopic (exact) mass is 166 g/mol. The maximum absolute atomic E-state index is 3.97. The van der Waals surface area contributed by atoms with Crippen LogP contribution in [-0.4, -0.2) is 42.0 Å². The molecule has 1 heterocycles. The van der Waals surface area contributed by atoms with E-state index in [0.29, 0.717) is 0 Å². The van der Waals surface area contributed by atoms with Crippen LogP contribution in [0.3, 0.4) is 0 Å². The lowest BCUT2D eigenvalue weighted by Crippen LogP contribution is -2.46. The summed E-state index contributed by atoms with van der Waals surface area (Å²) < 4.78 is 0. The van der Waals surface area contributed by atoms with Gasteiger partial charge in [-0.1, -0.05) is 6.58 Å². The van der Waals surface area contributed by atoms with Gasteiger partial charge < -0.3 is 4.90 Å². The third-order valence-corrected chi connectivity index (χ3v) is 2.92. The fourth-order valence-electron chi connectivity index (χ4n) is 1.91. The molecule has 2 fully saturated rings. The van der Waals surface area contributed by atoms with Crippen LogP contribution in [0.4, 0.5) is 0 Å². The Kier molecular flexibility index (Phi) is 2.09. The Labute approximate surface area is 74.8 Å². The van der Waals surface area contributed by atoms with Gasteiger partial charge in [0.2, 0.25) is 0 Å². The first-order valence-electron chi connectivity index (χ1n) is 4.92. The molecule has 2 aliphatic rings. The highest BCUT2D eigenvalue weighted by Crippen LogP contribution is 2.27. The van der Waals surface area contributed by atoms with Crippen LogP contribution in [0.2, 0.25) is 0 Å². The lowest BCUT2D eigenvalue weighted by molar-refractivity contribution is 0.152. The maximum atomic E-state index is 3.97. The average Bonchev–Trinajstić information content (AvgIpc) is 2.87. The van der Waals surface area contributed by atoms with Crippen LogP contribution in [0.5, 0.6) is 0 Å². The smallest absolute Gasteiger partial charge is 0.0303 e. The molecular weight excluding hydrogens is 148 g/mol. The normalized spacial score (nSPS) is 25.9. The lowest BCUT2D eigenvalue weighted by Gasteiger charge is -2.36. The van der Waals surface area contributed by atoms with Gasteiger partial charge in [0.1, 0.15) is 0 Å². The summed E-state index contributed by atoms with van der Waals surface area (Å²) in [6.45, 7) is 10.9. The molecule has 0 atom stereocenters. The molecule has 1 saturated heterocycles. The number of hydrogen-bond donors (Lipinski definition) is 0. The van der Waals surface area contributed by atoms with Crippen LogP contribution in [0.1, 0.15) is 19.8 Å². The Morgan fingerprint density at radius 1 is 1.17 bits per heavy atom. The number of hydrogen-bond acceptors (Lipinski definition) is 2. The molecule has 68 valence electrons. The molecule has 2 heteroatoms. The first-order chi connectivity index (χ1) is 5.77. The topological polar surface area (TPSA) is 6.48 Å². The van der Waals surface area contributed by atoms with Crippen molar-refractivity contribution < 1.29 is 0 Å². The van der Waals surface area contributed by atoms with Crippen molar-refractivity contribution >= 4 is 0 Å². The zero-order valence-corrected chi connectivity index (χ0v) is 7.92. The van der Waals surface area contributed by atoms with E-state index in [1.54, 1.807) is 0 Å². The van der Waals surface area contributed by atoms with Crippen molar-refractivity contribution in [3.63, 3.8) is 0 Å². The quantitative estimate of drug-likeness (QED) is 0.610. The van der Waals surface area contributed by atoms with Crippen molar-refractivity contribution in [3.8, 4) is 0 Å². The second-order valence-electron chi connectivity index (χ2n) is 3.99. The Balaban J connectivity index is 1.80. The lowest BCUT2D eigenvalue weighted by atomic mass is 10.3. The highest BCUT2D eigenvalue weighted by Gasteiger charge is 2.30. The molecule has 1 aliphatic heterocycles. The van der Waals surface area contributed by atoms with Crippen molar-refractivity contribution in [2.75, 3.05) is 26.2 Å². The van der Waals surface area contributed by atoms with Crippen LogP contribution in [0, 0.1) is 0 Å². The van der Waals surface area contributed by atoms with Gasteiger partial charge in [0, 0.05) is 37.9 Å². The first-order valence-corrected chi connectivity index (χ1v) is 4.92. The molecule has 2 rings (SSSR count). The van der Waals surface area contributed by atoms with E-state index in [4.69, 9.17) is 0 Å². The Morgan fingerprint density at radius 2 is 1.75 bits per heavy atom. The second kappa shape index (κ2) is 3.09. The van der Waals surface area contributed by atoms with Crippen molar-refractivity contribution in [2.45, 2.75) is 25.8 Å². The van der Waals surface area contributed by atoms with E-state index < -0.39 is 0 Å². The molecule has 0 radical (unpaired) electrons. The van der Waals surface area contributed by atoms with Gasteiger partial charge in [-0.25, -0.2) is 0 Å². The summed E-state index contributed by atoms with van der Waals surface area (Å²) in [7, 11) is 0. The minimum Gasteiger partial charge on any atom is -0.373 e. The Morgan fingerprint density at radius 3 is 2.17 bits per heavy atom. The third-order valence-electron chi connectivity index (χ3n) is 2.92. The van der Waals surface area contributed by atoms with Gasteiger partial charge in [0.05, 0.1) is 0 Å². The second-order valence-corrected chi connectivity index (χ2v) is 3.99. The highest BCUT2D eigenvalue weighted by atomic mass is 15.3. The fourth-order valence-corrected chi connectivity index (χ4v) is 1.91. The summed E-state index contributed by atoms with van der Waals surface area (Å²) >= 11 is 0. The zero-order chi connectivity index (χ0) is 8.55. The first kappa shape index (κ1) is 8.11. The molecule has 0 aromatic heterocycles. The van der Waals surface area contributed by atoms with Crippen molar-refractivity contribution in [1.29, 1.82) is 0 Å². The number of rotatable bonds is 2. The minimum absolute atomic E-state index is 0.942. The molecule has 0 spiro atoms. The molecule has 0 aromatic carbocycles. The summed E-state index contributed by atoms with van der Waals surface area (Å²) in [6, 6.07) is 0.942. The van der Waals surface area contributed by atoms with Crippen LogP contribution in [-0.2, 0) is 0 Å². The van der Waals surface area contributed by atoms with E-state index in [2.05, 4.69) is 23.3 Å². The van der Waals surface area contributed by atoms with Crippen molar-refractivity contribution in [3.05, 3.63) is 12.3 Å². The SMILES string of the molecule is C=C(C)N1CCN(C2CC2)CC1. The van der Waals surface area contributed by atoms with Gasteiger partial charge in [-0.2, -0.15) is 0 Å². The van der Waals surface area contributed by atoms with Gasteiger partial charge in [-0.15, -0.1) is 0 Å².